The number of nitrogens with one attached hydrogen (secondary N) is 1. The van der Waals surface area contributed by atoms with Crippen molar-refractivity contribution in [1.82, 2.24) is 0 Å². The van der Waals surface area contributed by atoms with Gasteiger partial charge in [0.2, 0.25) is 0 Å². The Bertz CT molecular complexity index is 301. The van der Waals surface area contributed by atoms with Crippen LogP contribution in [0.25, 0.3) is 0 Å². The highest BCUT2D eigenvalue weighted by Crippen LogP contribution is 2.26. The second kappa shape index (κ2) is 3.32. The van der Waals surface area contributed by atoms with E-state index in [0.717, 1.165) is 6.42 Å². The van der Waals surface area contributed by atoms with Crippen molar-refractivity contribution in [1.29, 1.82) is 0 Å². The van der Waals surface area contributed by atoms with Crippen LogP contribution in [0.4, 0.5) is 14.5 Å². The summed E-state index contributed by atoms with van der Waals surface area (Å²) in [7, 11) is 0. The predicted octanol–water partition coefficient (Wildman–Crippen LogP) is 2.74. The number of alkyl halides is 1. The highest BCUT2D eigenvalue weighted by atomic mass is 19.1. The summed E-state index contributed by atoms with van der Waals surface area (Å²) in [6, 6.07) is 5.99. The first-order valence-corrected chi connectivity index (χ1v) is 4.42. The molecule has 1 aliphatic carbocycles. The Kier molecular flexibility index (Phi) is 2.17. The molecule has 3 heteroatoms. The molecule has 1 saturated carbocycles. The van der Waals surface area contributed by atoms with E-state index in [1.54, 1.807) is 12.1 Å². The maximum Gasteiger partial charge on any atom is 0.125 e. The number of rotatable bonds is 2. The van der Waals surface area contributed by atoms with Gasteiger partial charge in [0.25, 0.3) is 0 Å². The van der Waals surface area contributed by atoms with Crippen LogP contribution in [0.5, 0.6) is 0 Å². The summed E-state index contributed by atoms with van der Waals surface area (Å²) in [5, 5.41) is 2.95. The highest BCUT2D eigenvalue weighted by molar-refractivity contribution is 5.44. The summed E-state index contributed by atoms with van der Waals surface area (Å²) < 4.78 is 25.5. The average molecular weight is 183 g/mol. The molecule has 1 N–H and O–H groups in total. The topological polar surface area (TPSA) is 12.0 Å². The zero-order chi connectivity index (χ0) is 9.26. The molecule has 0 spiro atoms. The monoisotopic (exact) mass is 183 g/mol. The van der Waals surface area contributed by atoms with Gasteiger partial charge < -0.3 is 5.32 Å². The smallest absolute Gasteiger partial charge is 0.125 e. The number of benzene rings is 1. The van der Waals surface area contributed by atoms with Crippen LogP contribution in [-0.4, -0.2) is 12.2 Å². The fourth-order valence-corrected chi connectivity index (χ4v) is 1.41. The maximum atomic E-state index is 12.8. The van der Waals surface area contributed by atoms with Crippen LogP contribution >= 0.6 is 0 Å². The zero-order valence-corrected chi connectivity index (χ0v) is 7.13. The fraction of sp³-hybridized carbons (Fsp3) is 0.400. The third-order valence-electron chi connectivity index (χ3n) is 2.37. The molecular formula is C10H11F2N. The van der Waals surface area contributed by atoms with Crippen LogP contribution in [0.15, 0.2) is 24.3 Å². The van der Waals surface area contributed by atoms with Gasteiger partial charge >= 0.3 is 0 Å². The maximum absolute atomic E-state index is 12.8. The third kappa shape index (κ3) is 1.79. The van der Waals surface area contributed by atoms with E-state index in [9.17, 15) is 8.78 Å². The van der Waals surface area contributed by atoms with Crippen LogP contribution in [-0.2, 0) is 0 Å². The Morgan fingerprint density at radius 2 is 2.15 bits per heavy atom. The van der Waals surface area contributed by atoms with Gasteiger partial charge in [-0.3, -0.25) is 0 Å². The molecule has 2 unspecified atom stereocenters. The van der Waals surface area contributed by atoms with E-state index in [4.69, 9.17) is 0 Å². The molecule has 0 aliphatic heterocycles. The minimum atomic E-state index is -0.775. The predicted molar refractivity (Wildman–Crippen MR) is 47.9 cm³/mol. The molecule has 13 heavy (non-hydrogen) atoms. The van der Waals surface area contributed by atoms with Crippen molar-refractivity contribution < 1.29 is 8.78 Å². The van der Waals surface area contributed by atoms with E-state index in [1.165, 1.54) is 12.1 Å². The molecule has 70 valence electrons. The van der Waals surface area contributed by atoms with E-state index < -0.39 is 6.17 Å². The number of hydrogen-bond donors (Lipinski definition) is 1. The summed E-state index contributed by atoms with van der Waals surface area (Å²) >= 11 is 0. The van der Waals surface area contributed by atoms with Crippen molar-refractivity contribution in [3.63, 3.8) is 0 Å². The van der Waals surface area contributed by atoms with E-state index in [0.29, 0.717) is 12.1 Å². The summed E-state index contributed by atoms with van der Waals surface area (Å²) in [6.07, 6.45) is 0.674. The van der Waals surface area contributed by atoms with Crippen LogP contribution in [0.2, 0.25) is 0 Å². The Hall–Kier alpha value is -1.12. The van der Waals surface area contributed by atoms with Crippen LogP contribution in [0, 0.1) is 5.82 Å². The first kappa shape index (κ1) is 8.48. The van der Waals surface area contributed by atoms with Gasteiger partial charge in [-0.1, -0.05) is 6.07 Å². The lowest BCUT2D eigenvalue weighted by Gasteiger charge is -2.31. The molecule has 1 aliphatic rings. The fourth-order valence-electron chi connectivity index (χ4n) is 1.41. The van der Waals surface area contributed by atoms with Gasteiger partial charge in [0.1, 0.15) is 12.0 Å². The van der Waals surface area contributed by atoms with Gasteiger partial charge in [-0.15, -0.1) is 0 Å². The van der Waals surface area contributed by atoms with E-state index in [1.807, 2.05) is 0 Å². The molecular weight excluding hydrogens is 172 g/mol. The lowest BCUT2D eigenvalue weighted by atomic mass is 9.90. The Balaban J connectivity index is 2.01. The molecule has 0 aromatic heterocycles. The molecule has 0 radical (unpaired) electrons. The molecule has 1 fully saturated rings. The zero-order valence-electron chi connectivity index (χ0n) is 7.13. The summed E-state index contributed by atoms with van der Waals surface area (Å²) in [6.45, 7) is 0. The molecule has 1 aromatic carbocycles. The summed E-state index contributed by atoms with van der Waals surface area (Å²) in [4.78, 5) is 0. The minimum Gasteiger partial charge on any atom is -0.379 e. The van der Waals surface area contributed by atoms with Crippen LogP contribution < -0.4 is 5.32 Å². The molecule has 0 saturated heterocycles. The number of hydrogen-bond acceptors (Lipinski definition) is 1. The lowest BCUT2D eigenvalue weighted by molar-refractivity contribution is 0.186. The van der Waals surface area contributed by atoms with Gasteiger partial charge in [0.05, 0.1) is 6.04 Å². The van der Waals surface area contributed by atoms with E-state index >= 15 is 0 Å². The van der Waals surface area contributed by atoms with Crippen LogP contribution in [0.3, 0.4) is 0 Å². The SMILES string of the molecule is Fc1cccc(NC2CCC2F)c1. The second-order valence-electron chi connectivity index (χ2n) is 3.35. The van der Waals surface area contributed by atoms with Crippen molar-refractivity contribution in [3.8, 4) is 0 Å². The molecule has 0 bridgehead atoms. The molecule has 0 heterocycles. The quantitative estimate of drug-likeness (QED) is 0.743. The van der Waals surface area contributed by atoms with Gasteiger partial charge in [0, 0.05) is 5.69 Å². The standard InChI is InChI=1S/C10H11F2N/c11-7-2-1-3-8(6-7)13-10-5-4-9(10)12/h1-3,6,9-10,13H,4-5H2. The first-order chi connectivity index (χ1) is 6.25. The normalized spacial score (nSPS) is 26.6. The number of halogens is 2. The minimum absolute atomic E-state index is 0.123. The van der Waals surface area contributed by atoms with Gasteiger partial charge in [0.15, 0.2) is 0 Å². The van der Waals surface area contributed by atoms with Crippen molar-refractivity contribution in [3.05, 3.63) is 30.1 Å². The first-order valence-electron chi connectivity index (χ1n) is 4.42. The molecule has 1 aromatic rings. The van der Waals surface area contributed by atoms with Gasteiger partial charge in [-0.05, 0) is 31.0 Å². The number of anilines is 1. The molecule has 0 amide bonds. The highest BCUT2D eigenvalue weighted by Gasteiger charge is 2.30. The molecule has 2 rings (SSSR count). The van der Waals surface area contributed by atoms with Crippen molar-refractivity contribution in [2.24, 2.45) is 0 Å². The van der Waals surface area contributed by atoms with E-state index in [-0.39, 0.29) is 11.9 Å². The average Bonchev–Trinajstić information content (AvgIpc) is 2.12. The van der Waals surface area contributed by atoms with Crippen molar-refractivity contribution in [2.75, 3.05) is 5.32 Å². The second-order valence-corrected chi connectivity index (χ2v) is 3.35. The van der Waals surface area contributed by atoms with Crippen LogP contribution in [0.1, 0.15) is 12.8 Å². The van der Waals surface area contributed by atoms with E-state index in [2.05, 4.69) is 5.32 Å². The Morgan fingerprint density at radius 1 is 1.31 bits per heavy atom. The van der Waals surface area contributed by atoms with Gasteiger partial charge in [-0.2, -0.15) is 0 Å². The third-order valence-corrected chi connectivity index (χ3v) is 2.37. The summed E-state index contributed by atoms with van der Waals surface area (Å²) in [5.74, 6) is -0.292. The Labute approximate surface area is 75.8 Å². The molecule has 1 nitrogen and oxygen atoms in total. The van der Waals surface area contributed by atoms with Crippen molar-refractivity contribution >= 4 is 5.69 Å². The summed E-state index contributed by atoms with van der Waals surface area (Å²) in [5.41, 5.74) is 0.660. The lowest BCUT2D eigenvalue weighted by Crippen LogP contribution is -2.39. The Morgan fingerprint density at radius 3 is 2.69 bits per heavy atom. The molecule has 2 atom stereocenters. The largest absolute Gasteiger partial charge is 0.379 e. The van der Waals surface area contributed by atoms with Gasteiger partial charge in [-0.25, -0.2) is 8.78 Å². The van der Waals surface area contributed by atoms with Crippen molar-refractivity contribution in [2.45, 2.75) is 25.1 Å².